The van der Waals surface area contributed by atoms with Crippen LogP contribution in [0.15, 0.2) is 0 Å². The van der Waals surface area contributed by atoms with Crippen LogP contribution in [0.4, 0.5) is 0 Å². The molecule has 1 atom stereocenters. The molecule has 20 heavy (non-hydrogen) atoms. The van der Waals surface area contributed by atoms with Gasteiger partial charge >= 0.3 is 0 Å². The van der Waals surface area contributed by atoms with Crippen LogP contribution in [0.25, 0.3) is 0 Å². The van der Waals surface area contributed by atoms with Gasteiger partial charge < -0.3 is 16.0 Å². The number of carbonyl (C=O) groups is 1. The Bertz CT molecular complexity index is 317. The number of hydrogen-bond acceptors (Lipinski definition) is 5. The van der Waals surface area contributed by atoms with Gasteiger partial charge in [-0.1, -0.05) is 0 Å². The van der Waals surface area contributed by atoms with Gasteiger partial charge in [0, 0.05) is 51.4 Å². The average molecular weight is 283 g/mol. The maximum Gasteiger partial charge on any atom is 0.234 e. The van der Waals surface area contributed by atoms with E-state index in [4.69, 9.17) is 5.73 Å². The van der Waals surface area contributed by atoms with Crippen molar-refractivity contribution in [2.75, 3.05) is 59.9 Å². The molecule has 0 aromatic carbocycles. The number of nitrogens with one attached hydrogen (secondary N) is 1. The molecular formula is C14H29N5O. The summed E-state index contributed by atoms with van der Waals surface area (Å²) in [4.78, 5) is 18.9. The number of piperidine rings is 1. The molecule has 0 radical (unpaired) electrons. The molecule has 116 valence electrons. The number of carbonyl (C=O) groups excluding carboxylic acids is 1. The van der Waals surface area contributed by atoms with E-state index in [0.29, 0.717) is 18.6 Å². The first kappa shape index (κ1) is 15.7. The quantitative estimate of drug-likeness (QED) is 0.676. The van der Waals surface area contributed by atoms with E-state index in [1.807, 2.05) is 0 Å². The summed E-state index contributed by atoms with van der Waals surface area (Å²) < 4.78 is 0. The predicted molar refractivity (Wildman–Crippen MR) is 80.6 cm³/mol. The van der Waals surface area contributed by atoms with Crippen molar-refractivity contribution < 1.29 is 4.79 Å². The molecule has 2 aliphatic rings. The second-order valence-electron chi connectivity index (χ2n) is 6.31. The minimum absolute atomic E-state index is 0.141. The van der Waals surface area contributed by atoms with Gasteiger partial charge in [-0.05, 0) is 26.9 Å². The number of nitrogens with zero attached hydrogens (tertiary/aromatic N) is 3. The Balaban J connectivity index is 1.66. The monoisotopic (exact) mass is 283 g/mol. The van der Waals surface area contributed by atoms with Crippen LogP contribution >= 0.6 is 0 Å². The second kappa shape index (κ2) is 7.36. The average Bonchev–Trinajstić information content (AvgIpc) is 2.42. The van der Waals surface area contributed by atoms with Crippen LogP contribution in [0.5, 0.6) is 0 Å². The van der Waals surface area contributed by atoms with Gasteiger partial charge in [-0.3, -0.25) is 14.6 Å². The van der Waals surface area contributed by atoms with Crippen LogP contribution in [0.1, 0.15) is 12.8 Å². The molecular weight excluding hydrogens is 254 g/mol. The van der Waals surface area contributed by atoms with E-state index in [9.17, 15) is 4.79 Å². The molecule has 0 aromatic heterocycles. The van der Waals surface area contributed by atoms with Crippen LogP contribution in [0.2, 0.25) is 0 Å². The van der Waals surface area contributed by atoms with Crippen LogP contribution in [-0.2, 0) is 4.79 Å². The fraction of sp³-hybridized carbons (Fsp3) is 0.929. The van der Waals surface area contributed by atoms with E-state index in [0.717, 1.165) is 52.1 Å². The third kappa shape index (κ3) is 4.70. The summed E-state index contributed by atoms with van der Waals surface area (Å²) in [5.41, 5.74) is 5.87. The van der Waals surface area contributed by atoms with E-state index >= 15 is 0 Å². The van der Waals surface area contributed by atoms with E-state index < -0.39 is 0 Å². The molecule has 2 fully saturated rings. The van der Waals surface area contributed by atoms with Crippen molar-refractivity contribution in [1.29, 1.82) is 0 Å². The lowest BCUT2D eigenvalue weighted by molar-refractivity contribution is -0.122. The summed E-state index contributed by atoms with van der Waals surface area (Å²) in [5.74, 6) is 0.141. The summed E-state index contributed by atoms with van der Waals surface area (Å²) in [6.07, 6.45) is 2.01. The van der Waals surface area contributed by atoms with Crippen molar-refractivity contribution in [3.63, 3.8) is 0 Å². The fourth-order valence-electron chi connectivity index (χ4n) is 2.92. The summed E-state index contributed by atoms with van der Waals surface area (Å²) in [6, 6.07) is 0.744. The lowest BCUT2D eigenvalue weighted by Crippen LogP contribution is -2.55. The minimum atomic E-state index is 0.141. The molecule has 2 saturated heterocycles. The second-order valence-corrected chi connectivity index (χ2v) is 6.31. The molecule has 6 nitrogen and oxygen atoms in total. The Morgan fingerprint density at radius 3 is 2.60 bits per heavy atom. The van der Waals surface area contributed by atoms with Crippen molar-refractivity contribution in [1.82, 2.24) is 20.0 Å². The molecule has 2 rings (SSSR count). The Morgan fingerprint density at radius 2 is 1.90 bits per heavy atom. The third-order valence-electron chi connectivity index (χ3n) is 4.51. The minimum Gasteiger partial charge on any atom is -0.353 e. The first-order chi connectivity index (χ1) is 9.54. The number of likely N-dealkylation sites (tertiary alicyclic amines) is 1. The molecule has 0 bridgehead atoms. The van der Waals surface area contributed by atoms with Crippen LogP contribution in [0.3, 0.4) is 0 Å². The molecule has 1 unspecified atom stereocenters. The Hall–Kier alpha value is -0.690. The largest absolute Gasteiger partial charge is 0.353 e. The van der Waals surface area contributed by atoms with Gasteiger partial charge in [0.25, 0.3) is 0 Å². The summed E-state index contributed by atoms with van der Waals surface area (Å²) in [5, 5.41) is 3.08. The van der Waals surface area contributed by atoms with Crippen molar-refractivity contribution in [3.8, 4) is 0 Å². The van der Waals surface area contributed by atoms with Gasteiger partial charge in [0.15, 0.2) is 0 Å². The lowest BCUT2D eigenvalue weighted by Gasteiger charge is -2.37. The number of piperazine rings is 1. The maximum absolute atomic E-state index is 12.0. The predicted octanol–water partition coefficient (Wildman–Crippen LogP) is -1.23. The number of rotatable bonds is 4. The van der Waals surface area contributed by atoms with E-state index in [1.165, 1.54) is 0 Å². The van der Waals surface area contributed by atoms with Gasteiger partial charge in [-0.25, -0.2) is 0 Å². The number of nitrogens with two attached hydrogens (primary N) is 1. The zero-order valence-electron chi connectivity index (χ0n) is 12.8. The number of amides is 1. The van der Waals surface area contributed by atoms with Crippen molar-refractivity contribution in [2.45, 2.75) is 24.9 Å². The molecule has 0 aliphatic carbocycles. The SMILES string of the molecule is CN1CCN(C)C(CNC(=O)CN2CCC(N)CC2)C1. The number of likely N-dealkylation sites (N-methyl/N-ethyl adjacent to an activating group) is 2. The molecule has 0 aromatic rings. The topological polar surface area (TPSA) is 64.8 Å². The molecule has 2 aliphatic heterocycles. The lowest BCUT2D eigenvalue weighted by atomic mass is 10.1. The molecule has 2 heterocycles. The maximum atomic E-state index is 12.0. The highest BCUT2D eigenvalue weighted by Gasteiger charge is 2.23. The van der Waals surface area contributed by atoms with Gasteiger partial charge in [-0.2, -0.15) is 0 Å². The number of hydrogen-bond donors (Lipinski definition) is 2. The molecule has 0 saturated carbocycles. The zero-order chi connectivity index (χ0) is 14.5. The summed E-state index contributed by atoms with van der Waals surface area (Å²) in [7, 11) is 4.27. The Labute approximate surface area is 122 Å². The highest BCUT2D eigenvalue weighted by atomic mass is 16.2. The van der Waals surface area contributed by atoms with Crippen LogP contribution in [0, 0.1) is 0 Å². The van der Waals surface area contributed by atoms with E-state index in [1.54, 1.807) is 0 Å². The van der Waals surface area contributed by atoms with Crippen LogP contribution in [-0.4, -0.2) is 92.6 Å². The van der Waals surface area contributed by atoms with Crippen molar-refractivity contribution in [3.05, 3.63) is 0 Å². The van der Waals surface area contributed by atoms with Crippen molar-refractivity contribution in [2.24, 2.45) is 5.73 Å². The standard InChI is InChI=1S/C14H29N5O/c1-17-7-8-18(2)13(10-17)9-16-14(20)11-19-5-3-12(15)4-6-19/h12-13H,3-11,15H2,1-2H3,(H,16,20). The summed E-state index contributed by atoms with van der Waals surface area (Å²) >= 11 is 0. The van der Waals surface area contributed by atoms with Gasteiger partial charge in [0.2, 0.25) is 5.91 Å². The third-order valence-corrected chi connectivity index (χ3v) is 4.51. The Kier molecular flexibility index (Phi) is 5.77. The van der Waals surface area contributed by atoms with Crippen molar-refractivity contribution >= 4 is 5.91 Å². The zero-order valence-corrected chi connectivity index (χ0v) is 12.8. The summed E-state index contributed by atoms with van der Waals surface area (Å²) in [6.45, 7) is 6.35. The van der Waals surface area contributed by atoms with Crippen LogP contribution < -0.4 is 11.1 Å². The first-order valence-electron chi connectivity index (χ1n) is 7.68. The van der Waals surface area contributed by atoms with Gasteiger partial charge in [-0.15, -0.1) is 0 Å². The molecule has 0 spiro atoms. The highest BCUT2D eigenvalue weighted by Crippen LogP contribution is 2.08. The molecule has 1 amide bonds. The molecule has 3 N–H and O–H groups in total. The Morgan fingerprint density at radius 1 is 1.20 bits per heavy atom. The van der Waals surface area contributed by atoms with Gasteiger partial charge in [0.1, 0.15) is 0 Å². The first-order valence-corrected chi connectivity index (χ1v) is 7.68. The highest BCUT2D eigenvalue weighted by molar-refractivity contribution is 5.78. The molecule has 6 heteroatoms. The fourth-order valence-corrected chi connectivity index (χ4v) is 2.92. The van der Waals surface area contributed by atoms with E-state index in [2.05, 4.69) is 34.1 Å². The smallest absolute Gasteiger partial charge is 0.234 e. The normalized spacial score (nSPS) is 27.6. The van der Waals surface area contributed by atoms with Gasteiger partial charge in [0.05, 0.1) is 6.54 Å². The van der Waals surface area contributed by atoms with E-state index in [-0.39, 0.29) is 5.91 Å².